The summed E-state index contributed by atoms with van der Waals surface area (Å²) in [6.07, 6.45) is 3.81. The lowest BCUT2D eigenvalue weighted by Gasteiger charge is -2.32. The summed E-state index contributed by atoms with van der Waals surface area (Å²) in [4.78, 5) is 68.2. The number of ether oxygens (including phenoxy) is 2. The minimum Gasteiger partial charge on any atom is -0.444 e. The summed E-state index contributed by atoms with van der Waals surface area (Å²) >= 11 is 0. The van der Waals surface area contributed by atoms with Crippen molar-refractivity contribution in [2.24, 2.45) is 0 Å². The zero-order chi connectivity index (χ0) is 42.0. The summed E-state index contributed by atoms with van der Waals surface area (Å²) < 4.78 is 79.8. The van der Waals surface area contributed by atoms with Crippen LogP contribution in [0.5, 0.6) is 5.75 Å². The number of carbonyl (C=O) groups excluding carboxylic acids is 5. The summed E-state index contributed by atoms with van der Waals surface area (Å²) in [6.45, 7) is 11.0. The molecule has 1 saturated heterocycles. The van der Waals surface area contributed by atoms with Crippen molar-refractivity contribution in [1.82, 2.24) is 20.9 Å². The van der Waals surface area contributed by atoms with E-state index in [1.165, 1.54) is 19.9 Å². The first-order valence-electron chi connectivity index (χ1n) is 17.8. The lowest BCUT2D eigenvalue weighted by atomic mass is 9.99. The van der Waals surface area contributed by atoms with E-state index in [9.17, 15) is 51.0 Å². The Morgan fingerprint density at radius 3 is 2.11 bits per heavy atom. The van der Waals surface area contributed by atoms with Gasteiger partial charge in [-0.15, -0.1) is 6.58 Å². The van der Waals surface area contributed by atoms with E-state index in [1.807, 2.05) is 0 Å². The van der Waals surface area contributed by atoms with Gasteiger partial charge in [0.15, 0.2) is 0 Å². The van der Waals surface area contributed by atoms with Crippen LogP contribution in [-0.4, -0.2) is 81.7 Å². The van der Waals surface area contributed by atoms with Crippen LogP contribution in [0.3, 0.4) is 0 Å². The van der Waals surface area contributed by atoms with Crippen molar-refractivity contribution in [2.75, 3.05) is 6.54 Å². The molecule has 17 heteroatoms. The van der Waals surface area contributed by atoms with Crippen LogP contribution in [0.1, 0.15) is 72.3 Å². The molecule has 0 bridgehead atoms. The zero-order valence-electron chi connectivity index (χ0n) is 31.7. The second-order valence-electron chi connectivity index (χ2n) is 14.6. The summed E-state index contributed by atoms with van der Waals surface area (Å²) in [6, 6.07) is 4.25. The van der Waals surface area contributed by atoms with Gasteiger partial charge in [0, 0.05) is 13.0 Å². The Labute approximate surface area is 321 Å². The first-order chi connectivity index (χ1) is 26.2. The minimum atomic E-state index is -2.45. The molecule has 0 aromatic heterocycles. The van der Waals surface area contributed by atoms with Gasteiger partial charge in [0.2, 0.25) is 52.6 Å². The molecule has 2 aromatic carbocycles. The molecule has 1 fully saturated rings. The molecular formula is C39H47F5N4O8. The Balaban J connectivity index is 1.83. The number of nitrogens with zero attached hydrogens (tertiary/aromatic N) is 1. The minimum absolute atomic E-state index is 0.0282. The molecule has 0 radical (unpaired) electrons. The highest BCUT2D eigenvalue weighted by Gasteiger charge is 2.42. The Morgan fingerprint density at radius 1 is 0.911 bits per heavy atom. The fourth-order valence-corrected chi connectivity index (χ4v) is 5.58. The molecule has 4 atom stereocenters. The Hall–Kier alpha value is -5.32. The third-order valence-corrected chi connectivity index (χ3v) is 8.52. The average molecular weight is 795 g/mol. The van der Waals surface area contributed by atoms with Gasteiger partial charge in [-0.2, -0.15) is 8.78 Å². The number of nitrogens with one attached hydrogen (secondary N) is 3. The molecule has 0 unspecified atom stereocenters. The highest BCUT2D eigenvalue weighted by Crippen LogP contribution is 2.31. The predicted octanol–water partition coefficient (Wildman–Crippen LogP) is 5.07. The fraction of sp³-hybridized carbons (Fsp3) is 0.462. The highest BCUT2D eigenvalue weighted by molar-refractivity contribution is 5.97. The molecule has 12 nitrogen and oxygen atoms in total. The van der Waals surface area contributed by atoms with Crippen molar-refractivity contribution < 1.29 is 60.5 Å². The second kappa shape index (κ2) is 19.5. The molecule has 306 valence electrons. The number of hydrogen-bond acceptors (Lipinski definition) is 8. The molecule has 1 aliphatic rings. The van der Waals surface area contributed by atoms with Crippen LogP contribution >= 0.6 is 0 Å². The Morgan fingerprint density at radius 2 is 1.52 bits per heavy atom. The van der Waals surface area contributed by atoms with E-state index in [0.29, 0.717) is 18.4 Å². The number of hydrogen-bond donors (Lipinski definition) is 4. The van der Waals surface area contributed by atoms with Gasteiger partial charge in [-0.1, -0.05) is 48.6 Å². The first kappa shape index (κ1) is 45.1. The maximum atomic E-state index is 14.3. The number of rotatable bonds is 16. The van der Waals surface area contributed by atoms with E-state index in [0.717, 1.165) is 4.90 Å². The monoisotopic (exact) mass is 794 g/mol. The molecule has 3 rings (SSSR count). The predicted molar refractivity (Wildman–Crippen MR) is 193 cm³/mol. The van der Waals surface area contributed by atoms with Gasteiger partial charge in [0.25, 0.3) is 0 Å². The molecule has 1 heterocycles. The van der Waals surface area contributed by atoms with Gasteiger partial charge >= 0.3 is 12.1 Å². The van der Waals surface area contributed by atoms with E-state index in [-0.39, 0.29) is 32.2 Å². The molecule has 56 heavy (non-hydrogen) atoms. The number of aliphatic hydroxyl groups is 1. The largest absolute Gasteiger partial charge is 0.444 e. The lowest BCUT2D eigenvalue weighted by Crippen LogP contribution is -2.62. The van der Waals surface area contributed by atoms with Crippen LogP contribution < -0.4 is 20.7 Å². The molecule has 0 aliphatic carbocycles. The molecule has 1 aliphatic heterocycles. The normalized spacial score (nSPS) is 16.1. The molecule has 2 aromatic rings. The van der Waals surface area contributed by atoms with Gasteiger partial charge in [0.05, 0.1) is 6.10 Å². The third kappa shape index (κ3) is 12.3. The zero-order valence-corrected chi connectivity index (χ0v) is 31.7. The fourth-order valence-electron chi connectivity index (χ4n) is 5.58. The maximum absolute atomic E-state index is 14.3. The number of allylic oxidation sites excluding steroid dienone is 1. The van der Waals surface area contributed by atoms with E-state index >= 15 is 0 Å². The van der Waals surface area contributed by atoms with Crippen LogP contribution in [0.25, 0.3) is 0 Å². The van der Waals surface area contributed by atoms with Crippen molar-refractivity contribution in [1.29, 1.82) is 0 Å². The quantitative estimate of drug-likeness (QED) is 0.0458. The summed E-state index contributed by atoms with van der Waals surface area (Å²) in [5.74, 6) is -17.6. The number of halogens is 5. The topological polar surface area (TPSA) is 163 Å². The number of esters is 1. The van der Waals surface area contributed by atoms with Crippen LogP contribution in [0, 0.1) is 29.1 Å². The number of alkyl carbamates (subject to hydrolysis) is 1. The number of benzene rings is 2. The summed E-state index contributed by atoms with van der Waals surface area (Å²) in [5.41, 5.74) is -2.05. The van der Waals surface area contributed by atoms with Crippen LogP contribution in [0.4, 0.5) is 26.7 Å². The lowest BCUT2D eigenvalue weighted by molar-refractivity contribution is -0.148. The number of likely N-dealkylation sites (tertiary alicyclic amines) is 1. The summed E-state index contributed by atoms with van der Waals surface area (Å²) in [5, 5.41) is 17.4. The Kier molecular flexibility index (Phi) is 15.7. The van der Waals surface area contributed by atoms with Crippen LogP contribution in [0.15, 0.2) is 55.1 Å². The molecular weight excluding hydrogens is 747 g/mol. The third-order valence-electron chi connectivity index (χ3n) is 8.52. The van der Waals surface area contributed by atoms with E-state index < -0.39 is 100.0 Å². The number of aliphatic hydroxyl groups excluding tert-OH is 1. The van der Waals surface area contributed by atoms with Crippen molar-refractivity contribution in [3.63, 3.8) is 0 Å². The van der Waals surface area contributed by atoms with Crippen molar-refractivity contribution >= 4 is 29.8 Å². The average Bonchev–Trinajstić information content (AvgIpc) is 3.63. The van der Waals surface area contributed by atoms with Gasteiger partial charge < -0.3 is 35.4 Å². The molecule has 4 N–H and O–H groups in total. The van der Waals surface area contributed by atoms with Crippen molar-refractivity contribution in [2.45, 2.75) is 109 Å². The van der Waals surface area contributed by atoms with Crippen LogP contribution in [0.2, 0.25) is 0 Å². The van der Waals surface area contributed by atoms with E-state index in [2.05, 4.69) is 27.3 Å². The van der Waals surface area contributed by atoms with E-state index in [1.54, 1.807) is 63.3 Å². The smallest absolute Gasteiger partial charge is 0.408 e. The molecule has 4 amide bonds. The number of amides is 4. The summed E-state index contributed by atoms with van der Waals surface area (Å²) in [7, 11) is 0. The van der Waals surface area contributed by atoms with Crippen LogP contribution in [-0.2, 0) is 30.3 Å². The SMILES string of the molecule is C=C[C@H](O)CC/C=C/C[C@H](NC(=O)OC(C)(C)C)C(=O)NC(C)(C)C(=O)N[C@@H](Cc1ccccc1)C(=O)N1CCC[C@@H]1C(=O)Oc1c(F)c(F)c(F)c(F)c1F. The first-order valence-corrected chi connectivity index (χ1v) is 17.8. The van der Waals surface area contributed by atoms with Gasteiger partial charge in [-0.05, 0) is 72.3 Å². The van der Waals surface area contributed by atoms with E-state index in [4.69, 9.17) is 4.74 Å². The van der Waals surface area contributed by atoms with Gasteiger partial charge in [-0.25, -0.2) is 22.8 Å². The van der Waals surface area contributed by atoms with Gasteiger partial charge in [0.1, 0.15) is 29.3 Å². The second-order valence-corrected chi connectivity index (χ2v) is 14.6. The maximum Gasteiger partial charge on any atom is 0.408 e. The van der Waals surface area contributed by atoms with Gasteiger partial charge in [-0.3, -0.25) is 14.4 Å². The molecule has 0 saturated carbocycles. The Bertz CT molecular complexity index is 1770. The molecule has 0 spiro atoms. The van der Waals surface area contributed by atoms with Crippen molar-refractivity contribution in [3.8, 4) is 5.75 Å². The highest BCUT2D eigenvalue weighted by atomic mass is 19.2. The standard InChI is InChI=1S/C39H47F5N4O8/c1-7-23(49)17-12-9-13-18-24(46-37(54)56-38(2,3)4)33(50)47-39(5,6)36(53)45-25(21-22-15-10-8-11-16-22)34(51)48-20-14-19-26(48)35(52)55-32-30(43)28(41)27(40)29(42)31(32)44/h7-11,13,15-16,23-26,49H,1,12,14,17-21H2,2-6H3,(H,45,53)(H,46,54)(H,47,50)/b13-9+/t23-,24-,25-,26+/m0/s1. The van der Waals surface area contributed by atoms with Crippen molar-refractivity contribution in [3.05, 3.63) is 89.8 Å². The number of carbonyl (C=O) groups is 5.